The van der Waals surface area contributed by atoms with E-state index in [0.29, 0.717) is 6.04 Å². The smallest absolute Gasteiger partial charge is 0.0591 e. The van der Waals surface area contributed by atoms with E-state index in [1.54, 1.807) is 0 Å². The minimum Gasteiger partial charge on any atom is -0.397 e. The van der Waals surface area contributed by atoms with Crippen molar-refractivity contribution in [2.24, 2.45) is 11.8 Å². The van der Waals surface area contributed by atoms with E-state index in [-0.39, 0.29) is 0 Å². The van der Waals surface area contributed by atoms with Gasteiger partial charge in [-0.05, 0) is 49.3 Å². The minimum absolute atomic E-state index is 0.523. The van der Waals surface area contributed by atoms with Crippen molar-refractivity contribution in [3.8, 4) is 0 Å². The summed E-state index contributed by atoms with van der Waals surface area (Å²) < 4.78 is 0. The number of rotatable bonds is 2. The zero-order valence-corrected chi connectivity index (χ0v) is 11.3. The molecule has 0 saturated heterocycles. The summed E-state index contributed by atoms with van der Waals surface area (Å²) in [5, 5.41) is 4.28. The Morgan fingerprint density at radius 1 is 1.18 bits per heavy atom. The van der Waals surface area contributed by atoms with Crippen LogP contribution in [-0.4, -0.2) is 6.04 Å². The van der Waals surface area contributed by atoms with Crippen molar-refractivity contribution in [3.05, 3.63) is 23.2 Å². The first-order chi connectivity index (χ1) is 8.04. The van der Waals surface area contributed by atoms with Gasteiger partial charge in [0.05, 0.1) is 11.4 Å². The number of benzene rings is 1. The van der Waals surface area contributed by atoms with Crippen molar-refractivity contribution in [3.63, 3.8) is 0 Å². The third-order valence-electron chi connectivity index (χ3n) is 3.55. The molecule has 17 heavy (non-hydrogen) atoms. The van der Waals surface area contributed by atoms with E-state index in [0.717, 1.165) is 28.2 Å². The molecule has 0 spiro atoms. The molecule has 2 nitrogen and oxygen atoms in total. The zero-order chi connectivity index (χ0) is 12.4. The molecule has 0 aliphatic heterocycles. The van der Waals surface area contributed by atoms with Gasteiger partial charge in [0, 0.05) is 11.1 Å². The Kier molecular flexibility index (Phi) is 3.82. The number of nitrogens with one attached hydrogen (secondary N) is 1. The number of hydrogen-bond donors (Lipinski definition) is 2. The van der Waals surface area contributed by atoms with Crippen LogP contribution >= 0.6 is 11.6 Å². The quantitative estimate of drug-likeness (QED) is 0.776. The van der Waals surface area contributed by atoms with Crippen molar-refractivity contribution < 1.29 is 0 Å². The maximum absolute atomic E-state index is 6.00. The number of nitrogens with two attached hydrogens (primary N) is 1. The first-order valence-electron chi connectivity index (χ1n) is 6.36. The maximum Gasteiger partial charge on any atom is 0.0591 e. The molecule has 3 N–H and O–H groups in total. The molecule has 1 saturated carbocycles. The van der Waals surface area contributed by atoms with Gasteiger partial charge in [0.2, 0.25) is 0 Å². The fraction of sp³-hybridized carbons (Fsp3) is 0.571. The Hall–Kier alpha value is -0.890. The van der Waals surface area contributed by atoms with Gasteiger partial charge in [-0.25, -0.2) is 0 Å². The van der Waals surface area contributed by atoms with Gasteiger partial charge >= 0.3 is 0 Å². The van der Waals surface area contributed by atoms with Gasteiger partial charge in [0.25, 0.3) is 0 Å². The van der Waals surface area contributed by atoms with E-state index in [4.69, 9.17) is 17.3 Å². The molecule has 1 aromatic rings. The van der Waals surface area contributed by atoms with Crippen LogP contribution in [0.2, 0.25) is 5.02 Å². The summed E-state index contributed by atoms with van der Waals surface area (Å²) >= 11 is 6.00. The summed E-state index contributed by atoms with van der Waals surface area (Å²) in [5.41, 5.74) is 7.71. The molecule has 1 aliphatic carbocycles. The summed E-state index contributed by atoms with van der Waals surface area (Å²) in [6, 6.07) is 6.13. The van der Waals surface area contributed by atoms with Gasteiger partial charge in [-0.15, -0.1) is 0 Å². The van der Waals surface area contributed by atoms with Crippen molar-refractivity contribution in [2.45, 2.75) is 39.2 Å². The number of halogens is 1. The van der Waals surface area contributed by atoms with E-state index in [2.05, 4.69) is 19.2 Å². The Balaban J connectivity index is 2.07. The Bertz CT molecular complexity index is 382. The highest BCUT2D eigenvalue weighted by Crippen LogP contribution is 2.32. The normalized spacial score (nSPS) is 29.0. The molecular weight excluding hydrogens is 232 g/mol. The lowest BCUT2D eigenvalue weighted by atomic mass is 9.80. The molecule has 0 heterocycles. The third-order valence-corrected chi connectivity index (χ3v) is 3.79. The summed E-state index contributed by atoms with van der Waals surface area (Å²) in [7, 11) is 0. The van der Waals surface area contributed by atoms with Crippen molar-refractivity contribution in [2.75, 3.05) is 11.1 Å². The Morgan fingerprint density at radius 2 is 1.82 bits per heavy atom. The van der Waals surface area contributed by atoms with E-state index in [1.807, 2.05) is 18.2 Å². The lowest BCUT2D eigenvalue weighted by molar-refractivity contribution is 0.281. The van der Waals surface area contributed by atoms with Gasteiger partial charge in [-0.3, -0.25) is 0 Å². The number of hydrogen-bond acceptors (Lipinski definition) is 2. The third kappa shape index (κ3) is 3.29. The Morgan fingerprint density at radius 3 is 2.47 bits per heavy atom. The fourth-order valence-corrected chi connectivity index (χ4v) is 3.11. The molecule has 94 valence electrons. The largest absolute Gasteiger partial charge is 0.397 e. The van der Waals surface area contributed by atoms with Crippen molar-refractivity contribution >= 4 is 23.0 Å². The summed E-state index contributed by atoms with van der Waals surface area (Å²) in [4.78, 5) is 0. The maximum atomic E-state index is 6.00. The molecule has 0 aromatic heterocycles. The van der Waals surface area contributed by atoms with E-state index in [9.17, 15) is 0 Å². The molecule has 1 aliphatic rings. The summed E-state index contributed by atoms with van der Waals surface area (Å²) in [5.74, 6) is 1.58. The predicted molar refractivity (Wildman–Crippen MR) is 75.5 cm³/mol. The second-order valence-electron chi connectivity index (χ2n) is 5.49. The standard InChI is InChI=1S/C14H21ClN2/c1-9-5-10(2)7-12(6-9)17-14-8-11(15)3-4-13(14)16/h3-4,8-10,12,17H,5-7,16H2,1-2H3. The second-order valence-corrected chi connectivity index (χ2v) is 5.93. The monoisotopic (exact) mass is 252 g/mol. The van der Waals surface area contributed by atoms with E-state index >= 15 is 0 Å². The van der Waals surface area contributed by atoms with Gasteiger partial charge in [0.15, 0.2) is 0 Å². The number of anilines is 2. The molecular formula is C14H21ClN2. The van der Waals surface area contributed by atoms with Gasteiger partial charge in [-0.1, -0.05) is 25.4 Å². The molecule has 0 radical (unpaired) electrons. The van der Waals surface area contributed by atoms with Crippen LogP contribution in [-0.2, 0) is 0 Å². The zero-order valence-electron chi connectivity index (χ0n) is 10.5. The molecule has 1 fully saturated rings. The topological polar surface area (TPSA) is 38.0 Å². The van der Waals surface area contributed by atoms with E-state index in [1.165, 1.54) is 19.3 Å². The highest BCUT2D eigenvalue weighted by Gasteiger charge is 2.24. The molecule has 1 aromatic carbocycles. The molecule has 2 atom stereocenters. The molecule has 3 heteroatoms. The molecule has 2 unspecified atom stereocenters. The lowest BCUT2D eigenvalue weighted by Gasteiger charge is -2.32. The average Bonchev–Trinajstić information content (AvgIpc) is 2.22. The van der Waals surface area contributed by atoms with Gasteiger partial charge < -0.3 is 11.1 Å². The predicted octanol–water partition coefficient (Wildman–Crippen LogP) is 4.16. The van der Waals surface area contributed by atoms with Crippen molar-refractivity contribution in [1.29, 1.82) is 0 Å². The lowest BCUT2D eigenvalue weighted by Crippen LogP contribution is -2.30. The molecule has 0 amide bonds. The van der Waals surface area contributed by atoms with Gasteiger partial charge in [-0.2, -0.15) is 0 Å². The SMILES string of the molecule is CC1CC(C)CC(Nc2cc(Cl)ccc2N)C1. The first kappa shape index (κ1) is 12.6. The van der Waals surface area contributed by atoms with Crippen LogP contribution in [0.4, 0.5) is 11.4 Å². The van der Waals surface area contributed by atoms with Crippen LogP contribution in [0.1, 0.15) is 33.1 Å². The highest BCUT2D eigenvalue weighted by atomic mass is 35.5. The van der Waals surface area contributed by atoms with Crippen LogP contribution < -0.4 is 11.1 Å². The van der Waals surface area contributed by atoms with E-state index < -0.39 is 0 Å². The van der Waals surface area contributed by atoms with Crippen LogP contribution in [0, 0.1) is 11.8 Å². The minimum atomic E-state index is 0.523. The number of nitrogen functional groups attached to an aromatic ring is 1. The first-order valence-corrected chi connectivity index (χ1v) is 6.74. The van der Waals surface area contributed by atoms with Crippen LogP contribution in [0.15, 0.2) is 18.2 Å². The van der Waals surface area contributed by atoms with Crippen molar-refractivity contribution in [1.82, 2.24) is 0 Å². The van der Waals surface area contributed by atoms with Crippen LogP contribution in [0.25, 0.3) is 0 Å². The molecule has 2 rings (SSSR count). The fourth-order valence-electron chi connectivity index (χ4n) is 2.94. The Labute approximate surface area is 109 Å². The highest BCUT2D eigenvalue weighted by molar-refractivity contribution is 6.31. The summed E-state index contributed by atoms with van der Waals surface area (Å²) in [6.45, 7) is 4.65. The van der Waals surface area contributed by atoms with Crippen LogP contribution in [0.3, 0.4) is 0 Å². The summed E-state index contributed by atoms with van der Waals surface area (Å²) in [6.07, 6.45) is 3.77. The molecule has 0 bridgehead atoms. The average molecular weight is 253 g/mol. The van der Waals surface area contributed by atoms with Gasteiger partial charge in [0.1, 0.15) is 0 Å². The second kappa shape index (κ2) is 5.18. The van der Waals surface area contributed by atoms with Crippen LogP contribution in [0.5, 0.6) is 0 Å².